The van der Waals surface area contributed by atoms with Crippen LogP contribution in [0.3, 0.4) is 0 Å². The van der Waals surface area contributed by atoms with Crippen molar-refractivity contribution in [2.75, 3.05) is 12.4 Å². The fourth-order valence-corrected chi connectivity index (χ4v) is 2.94. The maximum Gasteiger partial charge on any atom is 0.253 e. The fourth-order valence-electron chi connectivity index (χ4n) is 2.68. The number of aryl methyl sites for hydroxylation is 2. The summed E-state index contributed by atoms with van der Waals surface area (Å²) < 4.78 is 1.07. The van der Waals surface area contributed by atoms with Gasteiger partial charge < -0.3 is 10.6 Å². The van der Waals surface area contributed by atoms with Crippen molar-refractivity contribution >= 4 is 33.4 Å². The van der Waals surface area contributed by atoms with E-state index >= 15 is 0 Å². The van der Waals surface area contributed by atoms with Crippen molar-refractivity contribution < 1.29 is 9.59 Å². The van der Waals surface area contributed by atoms with E-state index in [1.165, 1.54) is 5.56 Å². The largest absolute Gasteiger partial charge is 0.355 e. The number of amides is 2. The van der Waals surface area contributed by atoms with Crippen molar-refractivity contribution in [2.24, 2.45) is 0 Å². The molecule has 0 aromatic heterocycles. The van der Waals surface area contributed by atoms with Gasteiger partial charge >= 0.3 is 0 Å². The maximum atomic E-state index is 12.2. The molecule has 25 heavy (non-hydrogen) atoms. The normalized spacial score (nSPS) is 10.4. The standard InChI is InChI=1S/C20H23BrN2O2/c1-14-6-5-8-17(19(14)20(25)22-2)23-18(24)9-4-3-7-15-10-12-16(21)13-11-15/h5-6,8,10-13H,3-4,7,9H2,1-2H3,(H,22,25)(H,23,24). The van der Waals surface area contributed by atoms with Crippen LogP contribution in [0.25, 0.3) is 0 Å². The van der Waals surface area contributed by atoms with Crippen LogP contribution in [0.1, 0.15) is 40.7 Å². The summed E-state index contributed by atoms with van der Waals surface area (Å²) in [6, 6.07) is 13.7. The first-order valence-corrected chi connectivity index (χ1v) is 9.16. The Morgan fingerprint density at radius 2 is 1.76 bits per heavy atom. The molecule has 0 aliphatic rings. The van der Waals surface area contributed by atoms with Gasteiger partial charge in [0.2, 0.25) is 5.91 Å². The maximum absolute atomic E-state index is 12.2. The Labute approximate surface area is 157 Å². The molecule has 0 unspecified atom stereocenters. The summed E-state index contributed by atoms with van der Waals surface area (Å²) in [5.74, 6) is -0.254. The third kappa shape index (κ3) is 5.71. The summed E-state index contributed by atoms with van der Waals surface area (Å²) in [6.45, 7) is 1.86. The summed E-state index contributed by atoms with van der Waals surface area (Å²) >= 11 is 3.42. The second-order valence-corrected chi connectivity index (χ2v) is 6.87. The van der Waals surface area contributed by atoms with E-state index in [0.29, 0.717) is 17.7 Å². The molecule has 0 bridgehead atoms. The molecule has 5 heteroatoms. The topological polar surface area (TPSA) is 58.2 Å². The van der Waals surface area contributed by atoms with Crippen molar-refractivity contribution in [3.8, 4) is 0 Å². The van der Waals surface area contributed by atoms with Gasteiger partial charge in [0.25, 0.3) is 5.91 Å². The van der Waals surface area contributed by atoms with E-state index in [0.717, 1.165) is 29.3 Å². The van der Waals surface area contributed by atoms with E-state index in [4.69, 9.17) is 0 Å². The van der Waals surface area contributed by atoms with Crippen LogP contribution in [0.2, 0.25) is 0 Å². The number of hydrogen-bond donors (Lipinski definition) is 2. The predicted octanol–water partition coefficient (Wildman–Crippen LogP) is 4.47. The molecular weight excluding hydrogens is 380 g/mol. The van der Waals surface area contributed by atoms with Gasteiger partial charge in [0, 0.05) is 17.9 Å². The lowest BCUT2D eigenvalue weighted by atomic mass is 10.0. The van der Waals surface area contributed by atoms with Gasteiger partial charge in [0.15, 0.2) is 0 Å². The fraction of sp³-hybridized carbons (Fsp3) is 0.300. The first-order chi connectivity index (χ1) is 12.0. The SMILES string of the molecule is CNC(=O)c1c(C)cccc1NC(=O)CCCCc1ccc(Br)cc1. The number of halogens is 1. The lowest BCUT2D eigenvalue weighted by Crippen LogP contribution is -2.22. The van der Waals surface area contributed by atoms with Gasteiger partial charge in [-0.15, -0.1) is 0 Å². The first kappa shape index (κ1) is 19.2. The lowest BCUT2D eigenvalue weighted by molar-refractivity contribution is -0.116. The van der Waals surface area contributed by atoms with Crippen molar-refractivity contribution in [1.82, 2.24) is 5.32 Å². The summed E-state index contributed by atoms with van der Waals surface area (Å²) in [6.07, 6.45) is 3.15. The van der Waals surface area contributed by atoms with Crippen LogP contribution in [0.5, 0.6) is 0 Å². The molecule has 0 aliphatic heterocycles. The Bertz CT molecular complexity index is 742. The summed E-state index contributed by atoms with van der Waals surface area (Å²) in [7, 11) is 1.59. The molecule has 0 radical (unpaired) electrons. The quantitative estimate of drug-likeness (QED) is 0.671. The molecule has 2 aromatic rings. The monoisotopic (exact) mass is 402 g/mol. The van der Waals surface area contributed by atoms with Crippen molar-refractivity contribution in [2.45, 2.75) is 32.6 Å². The molecule has 2 rings (SSSR count). The van der Waals surface area contributed by atoms with Crippen molar-refractivity contribution in [3.05, 3.63) is 63.6 Å². The van der Waals surface area contributed by atoms with E-state index in [2.05, 4.69) is 38.7 Å². The molecule has 0 spiro atoms. The number of unbranched alkanes of at least 4 members (excludes halogenated alkanes) is 1. The molecule has 2 N–H and O–H groups in total. The third-order valence-electron chi connectivity index (χ3n) is 4.03. The van der Waals surface area contributed by atoms with Crippen LogP contribution in [0.4, 0.5) is 5.69 Å². The van der Waals surface area contributed by atoms with E-state index in [1.807, 2.05) is 31.2 Å². The molecule has 132 valence electrons. The Hall–Kier alpha value is -2.14. The van der Waals surface area contributed by atoms with E-state index in [-0.39, 0.29) is 11.8 Å². The first-order valence-electron chi connectivity index (χ1n) is 8.37. The molecule has 0 saturated carbocycles. The number of carbonyl (C=O) groups excluding carboxylic acids is 2. The molecule has 0 heterocycles. The molecule has 0 aliphatic carbocycles. The number of benzene rings is 2. The molecule has 0 saturated heterocycles. The highest BCUT2D eigenvalue weighted by Gasteiger charge is 2.14. The average molecular weight is 403 g/mol. The zero-order valence-corrected chi connectivity index (χ0v) is 16.2. The smallest absolute Gasteiger partial charge is 0.253 e. The van der Waals surface area contributed by atoms with Crippen LogP contribution in [-0.2, 0) is 11.2 Å². The van der Waals surface area contributed by atoms with Gasteiger partial charge in [-0.25, -0.2) is 0 Å². The van der Waals surface area contributed by atoms with Gasteiger partial charge in [-0.1, -0.05) is 40.2 Å². The minimum absolute atomic E-state index is 0.0634. The predicted molar refractivity (Wildman–Crippen MR) is 105 cm³/mol. The van der Waals surface area contributed by atoms with Crippen LogP contribution < -0.4 is 10.6 Å². The lowest BCUT2D eigenvalue weighted by Gasteiger charge is -2.12. The molecule has 2 aromatic carbocycles. The number of nitrogens with one attached hydrogen (secondary N) is 2. The summed E-state index contributed by atoms with van der Waals surface area (Å²) in [4.78, 5) is 24.2. The highest BCUT2D eigenvalue weighted by molar-refractivity contribution is 9.10. The van der Waals surface area contributed by atoms with Gasteiger partial charge in [0.1, 0.15) is 0 Å². The number of anilines is 1. The highest BCUT2D eigenvalue weighted by atomic mass is 79.9. The number of carbonyl (C=O) groups is 2. The van der Waals surface area contributed by atoms with Crippen LogP contribution in [-0.4, -0.2) is 18.9 Å². The van der Waals surface area contributed by atoms with Crippen LogP contribution >= 0.6 is 15.9 Å². The zero-order valence-electron chi connectivity index (χ0n) is 14.6. The van der Waals surface area contributed by atoms with Crippen LogP contribution in [0, 0.1) is 6.92 Å². The number of hydrogen-bond acceptors (Lipinski definition) is 2. The molecular formula is C20H23BrN2O2. The summed E-state index contributed by atoms with van der Waals surface area (Å²) in [5, 5.41) is 5.48. The minimum Gasteiger partial charge on any atom is -0.355 e. The second kappa shape index (κ2) is 9.37. The van der Waals surface area contributed by atoms with Gasteiger partial charge in [-0.2, -0.15) is 0 Å². The van der Waals surface area contributed by atoms with E-state index < -0.39 is 0 Å². The van der Waals surface area contributed by atoms with Crippen molar-refractivity contribution in [3.63, 3.8) is 0 Å². The highest BCUT2D eigenvalue weighted by Crippen LogP contribution is 2.20. The Balaban J connectivity index is 1.85. The van der Waals surface area contributed by atoms with Gasteiger partial charge in [0.05, 0.1) is 11.3 Å². The van der Waals surface area contributed by atoms with Crippen molar-refractivity contribution in [1.29, 1.82) is 0 Å². The Morgan fingerprint density at radius 1 is 1.04 bits per heavy atom. The number of rotatable bonds is 7. The van der Waals surface area contributed by atoms with Gasteiger partial charge in [-0.3, -0.25) is 9.59 Å². The van der Waals surface area contributed by atoms with E-state index in [9.17, 15) is 9.59 Å². The minimum atomic E-state index is -0.191. The molecule has 0 atom stereocenters. The average Bonchev–Trinajstić information content (AvgIpc) is 2.60. The molecule has 4 nitrogen and oxygen atoms in total. The third-order valence-corrected chi connectivity index (χ3v) is 4.56. The molecule has 0 fully saturated rings. The molecule has 2 amide bonds. The van der Waals surface area contributed by atoms with Crippen LogP contribution in [0.15, 0.2) is 46.9 Å². The van der Waals surface area contributed by atoms with Gasteiger partial charge in [-0.05, 0) is 55.5 Å². The van der Waals surface area contributed by atoms with E-state index in [1.54, 1.807) is 13.1 Å². The second-order valence-electron chi connectivity index (χ2n) is 5.96. The zero-order chi connectivity index (χ0) is 18.2. The Kier molecular flexibility index (Phi) is 7.19. The Morgan fingerprint density at radius 3 is 2.44 bits per heavy atom. The summed E-state index contributed by atoms with van der Waals surface area (Å²) in [5.41, 5.74) is 3.20.